The van der Waals surface area contributed by atoms with Crippen LogP contribution in [0.2, 0.25) is 0 Å². The molecule has 10 aliphatic carbocycles. The number of hydrogen-bond donors (Lipinski definition) is 0. The lowest BCUT2D eigenvalue weighted by atomic mass is 9.51. The number of rotatable bonds is 2. The molecule has 0 nitrogen and oxygen atoms in total. The van der Waals surface area contributed by atoms with E-state index in [1.54, 1.807) is 65.2 Å². The molecule has 4 spiro atoms. The fourth-order valence-corrected chi connectivity index (χ4v) is 20.2. The first-order valence-electron chi connectivity index (χ1n) is 36.8. The van der Waals surface area contributed by atoms with Crippen molar-refractivity contribution < 1.29 is 13.2 Å². The van der Waals surface area contributed by atoms with Gasteiger partial charge in [0.1, 0.15) is 0 Å². The zero-order chi connectivity index (χ0) is 61.5. The Balaban J connectivity index is 0.000000208. The van der Waals surface area contributed by atoms with Gasteiger partial charge in [-0.25, -0.2) is 0 Å². The molecule has 10 fully saturated rings. The van der Waals surface area contributed by atoms with Crippen LogP contribution in [-0.2, 0) is 0 Å². The van der Waals surface area contributed by atoms with Gasteiger partial charge in [-0.1, -0.05) is 241 Å². The summed E-state index contributed by atoms with van der Waals surface area (Å²) in [6, 6.07) is 0. The van der Waals surface area contributed by atoms with E-state index in [0.717, 1.165) is 51.8 Å². The normalized spacial score (nSPS) is 29.5. The molecule has 486 valence electrons. The Labute approximate surface area is 514 Å². The van der Waals surface area contributed by atoms with Gasteiger partial charge in [0.2, 0.25) is 0 Å². The molecule has 0 aromatic heterocycles. The summed E-state index contributed by atoms with van der Waals surface area (Å²) in [6.45, 7) is 47.1. The zero-order valence-electron chi connectivity index (χ0n) is 59.7. The van der Waals surface area contributed by atoms with Gasteiger partial charge in [0.25, 0.3) is 0 Å². The summed E-state index contributed by atoms with van der Waals surface area (Å²) < 4.78 is 34.5. The second-order valence-corrected chi connectivity index (χ2v) is 38.2. The van der Waals surface area contributed by atoms with Crippen LogP contribution in [0.25, 0.3) is 0 Å². The molecule has 10 saturated carbocycles. The first-order chi connectivity index (χ1) is 37.7. The molecule has 0 saturated heterocycles. The van der Waals surface area contributed by atoms with Crippen LogP contribution in [-0.4, -0.2) is 6.18 Å². The predicted molar refractivity (Wildman–Crippen MR) is 358 cm³/mol. The minimum absolute atomic E-state index is 0.231. The number of hydrogen-bond acceptors (Lipinski definition) is 0. The highest BCUT2D eigenvalue weighted by molar-refractivity contribution is 4.99. The Morgan fingerprint density at radius 2 is 0.573 bits per heavy atom. The molecule has 0 N–H and O–H groups in total. The molecule has 82 heavy (non-hydrogen) atoms. The minimum atomic E-state index is -3.98. The molecular formula is C79H149F3. The van der Waals surface area contributed by atoms with E-state index in [4.69, 9.17) is 0 Å². The van der Waals surface area contributed by atoms with Gasteiger partial charge < -0.3 is 0 Å². The first kappa shape index (κ1) is 74.3. The Kier molecular flexibility index (Phi) is 28.5. The first-order valence-corrected chi connectivity index (χ1v) is 36.8. The van der Waals surface area contributed by atoms with Gasteiger partial charge in [0.15, 0.2) is 0 Å². The van der Waals surface area contributed by atoms with Crippen LogP contribution in [0.15, 0.2) is 0 Å². The van der Waals surface area contributed by atoms with E-state index in [2.05, 4.69) is 125 Å². The van der Waals surface area contributed by atoms with Crippen molar-refractivity contribution in [1.82, 2.24) is 0 Å². The highest BCUT2D eigenvalue weighted by Gasteiger charge is 2.48. The summed E-state index contributed by atoms with van der Waals surface area (Å²) in [5, 5.41) is 0. The van der Waals surface area contributed by atoms with Gasteiger partial charge in [-0.2, -0.15) is 13.2 Å². The second kappa shape index (κ2) is 31.5. The average Bonchev–Trinajstić information content (AvgIpc) is 3.82. The Bertz CT molecular complexity index is 1670. The smallest absolute Gasteiger partial charge is 0.171 e. The van der Waals surface area contributed by atoms with Crippen LogP contribution in [0, 0.1) is 95.6 Å². The third kappa shape index (κ3) is 27.7. The van der Waals surface area contributed by atoms with E-state index in [1.165, 1.54) is 199 Å². The van der Waals surface area contributed by atoms with Gasteiger partial charge in [-0.05, 0) is 250 Å². The lowest BCUT2D eigenvalue weighted by molar-refractivity contribution is -0.143. The number of alkyl halides is 3. The molecule has 0 heterocycles. The minimum Gasteiger partial charge on any atom is -0.171 e. The van der Waals surface area contributed by atoms with Gasteiger partial charge in [0.05, 0.1) is 0 Å². The lowest BCUT2D eigenvalue weighted by Crippen LogP contribution is -2.43. The molecule has 0 radical (unpaired) electrons. The molecule has 0 aliphatic heterocycles. The average molecular weight is 1160 g/mol. The third-order valence-corrected chi connectivity index (χ3v) is 24.9. The summed E-state index contributed by atoms with van der Waals surface area (Å²) in [5.74, 6) is 5.74. The summed E-state index contributed by atoms with van der Waals surface area (Å²) >= 11 is 0. The molecule has 0 bridgehead atoms. The maximum absolute atomic E-state index is 11.5. The van der Waals surface area contributed by atoms with Crippen molar-refractivity contribution in [1.29, 1.82) is 0 Å². The molecule has 1 atom stereocenters. The van der Waals surface area contributed by atoms with Crippen LogP contribution < -0.4 is 0 Å². The molecule has 0 amide bonds. The topological polar surface area (TPSA) is 0 Å². The highest BCUT2D eigenvalue weighted by atomic mass is 19.4. The largest absolute Gasteiger partial charge is 0.389 e. The maximum atomic E-state index is 11.5. The van der Waals surface area contributed by atoms with Crippen LogP contribution >= 0.6 is 0 Å². The van der Waals surface area contributed by atoms with E-state index >= 15 is 0 Å². The monoisotopic (exact) mass is 1160 g/mol. The quantitative estimate of drug-likeness (QED) is 0.259. The van der Waals surface area contributed by atoms with Crippen LogP contribution in [0.3, 0.4) is 0 Å². The fraction of sp³-hybridized carbons (Fsp3) is 1.00. The zero-order valence-corrected chi connectivity index (χ0v) is 59.7. The van der Waals surface area contributed by atoms with Gasteiger partial charge in [-0.3, -0.25) is 0 Å². The summed E-state index contributed by atoms with van der Waals surface area (Å²) in [5.41, 5.74) is 6.81. The van der Waals surface area contributed by atoms with E-state index in [1.807, 2.05) is 0 Å². The van der Waals surface area contributed by atoms with E-state index in [0.29, 0.717) is 44.3 Å². The maximum Gasteiger partial charge on any atom is 0.389 e. The molecule has 10 rings (SSSR count). The summed E-state index contributed by atoms with van der Waals surface area (Å²) in [7, 11) is 0. The Morgan fingerprint density at radius 3 is 0.854 bits per heavy atom. The fourth-order valence-electron chi connectivity index (χ4n) is 20.2. The van der Waals surface area contributed by atoms with Crippen molar-refractivity contribution in [2.24, 2.45) is 95.6 Å². The van der Waals surface area contributed by atoms with Crippen molar-refractivity contribution in [2.45, 2.75) is 408 Å². The van der Waals surface area contributed by atoms with Crippen LogP contribution in [0.1, 0.15) is 402 Å². The molecule has 10 aliphatic rings. The van der Waals surface area contributed by atoms with Crippen LogP contribution in [0.5, 0.6) is 0 Å². The van der Waals surface area contributed by atoms with Crippen molar-refractivity contribution >= 4 is 0 Å². The second-order valence-electron chi connectivity index (χ2n) is 38.2. The van der Waals surface area contributed by atoms with E-state index < -0.39 is 12.6 Å². The highest BCUT2D eigenvalue weighted by Crippen LogP contribution is 2.60. The molecule has 0 aromatic rings. The molecule has 3 heteroatoms. The van der Waals surface area contributed by atoms with Crippen molar-refractivity contribution in [3.63, 3.8) is 0 Å². The SMILES string of the molecule is CC1CC(C)(C)CC(C)(C)C1.CC1CCC(C)(C)CC1.CC1CCC2(CC1)CC(C)(C)CC(C)(C)C2.CC1CCC2(CC1)CCC(C)(C)CC2.CC1CCC2(CCCC2)CC1.CC1CCC2(CCCCC2)CC1.CCC(C)CC(F)(F)F. The molecular weight excluding hydrogens is 1010 g/mol. The standard InChI is InChI=1S/C16H30.C14H26.C12H22.C11H20.C11H22.C9H18.C6H11F3/c1-13-6-8-16(9-7-13)11-14(2,3)10-15(4,5)12-16;1-12-4-6-14(7-5-12)10-8-13(2,3)9-11-14;1-11-5-9-12(10-6-11)7-3-2-4-8-12;1-10-4-8-11(9-5-10)6-2-3-7-11;1-9-6-10(2,3)8-11(4,5)7-9;1-8-4-6-9(2,3)7-5-8;1-3-5(2)4-6(7,8)9/h13H,6-12H2,1-5H3;12H,4-11H2,1-3H3;11H,2-10H2,1H3;10H,2-9H2,1H3;9H,6-8H2,1-5H3;8H,4-7H2,1-3H3;5H,3-4H2,1-2H3. The molecule has 1 unspecified atom stereocenters. The lowest BCUT2D eigenvalue weighted by Gasteiger charge is -2.54. The molecule has 0 aromatic carbocycles. The predicted octanol–water partition coefficient (Wildman–Crippen LogP) is 28.2. The summed E-state index contributed by atoms with van der Waals surface area (Å²) in [4.78, 5) is 0. The van der Waals surface area contributed by atoms with Crippen LogP contribution in [0.4, 0.5) is 13.2 Å². The third-order valence-electron chi connectivity index (χ3n) is 24.9. The van der Waals surface area contributed by atoms with Crippen molar-refractivity contribution in [3.05, 3.63) is 0 Å². The Morgan fingerprint density at radius 1 is 0.305 bits per heavy atom. The van der Waals surface area contributed by atoms with Gasteiger partial charge >= 0.3 is 6.18 Å². The summed E-state index contributed by atoms with van der Waals surface area (Å²) in [6.07, 6.45) is 54.4. The van der Waals surface area contributed by atoms with E-state index in [9.17, 15) is 13.2 Å². The van der Waals surface area contributed by atoms with Crippen molar-refractivity contribution in [3.8, 4) is 0 Å². The van der Waals surface area contributed by atoms with Gasteiger partial charge in [-0.15, -0.1) is 0 Å². The van der Waals surface area contributed by atoms with Gasteiger partial charge in [0, 0.05) is 6.42 Å². The van der Waals surface area contributed by atoms with E-state index in [-0.39, 0.29) is 5.92 Å². The van der Waals surface area contributed by atoms with Crippen molar-refractivity contribution in [2.75, 3.05) is 0 Å². The number of halogens is 3. The Hall–Kier alpha value is -0.210.